The van der Waals surface area contributed by atoms with Crippen LogP contribution in [0.3, 0.4) is 0 Å². The average molecular weight is 257 g/mol. The number of hydrogen-bond donors (Lipinski definition) is 1. The highest BCUT2D eigenvalue weighted by Gasteiger charge is 2.20. The molecule has 1 N–H and O–H groups in total. The van der Waals surface area contributed by atoms with Gasteiger partial charge in [-0.3, -0.25) is 4.79 Å². The third-order valence-corrected chi connectivity index (χ3v) is 2.83. The summed E-state index contributed by atoms with van der Waals surface area (Å²) in [4.78, 5) is 21.2. The van der Waals surface area contributed by atoms with Gasteiger partial charge in [0, 0.05) is 26.1 Å². The lowest BCUT2D eigenvalue weighted by Gasteiger charge is -2.22. The van der Waals surface area contributed by atoms with Crippen LogP contribution in [0.2, 0.25) is 5.15 Å². The largest absolute Gasteiger partial charge is 0.490 e. The lowest BCUT2D eigenvalue weighted by atomic mass is 10.3. The van der Waals surface area contributed by atoms with Crippen LogP contribution in [0.15, 0.2) is 6.33 Å². The van der Waals surface area contributed by atoms with Gasteiger partial charge < -0.3 is 15.0 Å². The smallest absolute Gasteiger partial charge is 0.221 e. The fourth-order valence-corrected chi connectivity index (χ4v) is 1.93. The van der Waals surface area contributed by atoms with Crippen molar-refractivity contribution in [3.05, 3.63) is 11.5 Å². The number of nitrogens with one attached hydrogen (secondary N) is 1. The predicted octanol–water partition coefficient (Wildman–Crippen LogP) is 0.465. The second-order valence-electron chi connectivity index (χ2n) is 3.61. The van der Waals surface area contributed by atoms with E-state index in [0.29, 0.717) is 37.6 Å². The van der Waals surface area contributed by atoms with Crippen LogP contribution in [-0.2, 0) is 4.79 Å². The minimum atomic E-state index is 0.0478. The van der Waals surface area contributed by atoms with Crippen LogP contribution in [0.1, 0.15) is 6.42 Å². The molecular formula is C10H13ClN4O2. The monoisotopic (exact) mass is 256 g/mol. The van der Waals surface area contributed by atoms with E-state index < -0.39 is 0 Å². The summed E-state index contributed by atoms with van der Waals surface area (Å²) >= 11 is 5.93. The molecule has 2 heterocycles. The number of carbonyl (C=O) groups is 1. The number of aromatic nitrogens is 2. The molecule has 0 aromatic carbocycles. The van der Waals surface area contributed by atoms with Gasteiger partial charge in [0.1, 0.15) is 6.33 Å². The zero-order valence-electron chi connectivity index (χ0n) is 9.44. The van der Waals surface area contributed by atoms with E-state index in [1.54, 1.807) is 0 Å². The molecule has 0 aliphatic carbocycles. The molecule has 0 saturated carbocycles. The van der Waals surface area contributed by atoms with Crippen molar-refractivity contribution in [2.75, 3.05) is 31.6 Å². The summed E-state index contributed by atoms with van der Waals surface area (Å²) < 4.78 is 5.19. The minimum Gasteiger partial charge on any atom is -0.490 e. The molecule has 1 aromatic heterocycles. The van der Waals surface area contributed by atoms with E-state index in [-0.39, 0.29) is 11.1 Å². The van der Waals surface area contributed by atoms with Crippen molar-refractivity contribution in [1.29, 1.82) is 0 Å². The van der Waals surface area contributed by atoms with E-state index in [0.717, 1.165) is 0 Å². The van der Waals surface area contributed by atoms with E-state index in [2.05, 4.69) is 15.3 Å². The number of anilines is 1. The van der Waals surface area contributed by atoms with Gasteiger partial charge in [0.25, 0.3) is 0 Å². The van der Waals surface area contributed by atoms with Crippen molar-refractivity contribution in [3.63, 3.8) is 0 Å². The Kier molecular flexibility index (Phi) is 3.63. The number of halogens is 1. The standard InChI is InChI=1S/C10H13ClN4O2/c1-17-8-9(11)13-6-14-10(8)15-4-2-7(16)12-3-5-15/h6H,2-5H2,1H3,(H,12,16). The molecule has 1 fully saturated rings. The number of nitrogens with zero attached hydrogens (tertiary/aromatic N) is 3. The molecule has 1 aliphatic rings. The van der Waals surface area contributed by atoms with Crippen LogP contribution < -0.4 is 15.0 Å². The van der Waals surface area contributed by atoms with Crippen LogP contribution in [0.25, 0.3) is 0 Å². The molecule has 0 atom stereocenters. The van der Waals surface area contributed by atoms with Gasteiger partial charge in [0.05, 0.1) is 7.11 Å². The van der Waals surface area contributed by atoms with Gasteiger partial charge in [0.15, 0.2) is 16.7 Å². The predicted molar refractivity (Wildman–Crippen MR) is 63.4 cm³/mol. The summed E-state index contributed by atoms with van der Waals surface area (Å²) in [5.41, 5.74) is 0. The fraction of sp³-hybridized carbons (Fsp3) is 0.500. The lowest BCUT2D eigenvalue weighted by Crippen LogP contribution is -2.29. The first-order valence-electron chi connectivity index (χ1n) is 5.28. The first kappa shape index (κ1) is 11.9. The topological polar surface area (TPSA) is 67.4 Å². The summed E-state index contributed by atoms with van der Waals surface area (Å²) in [6.07, 6.45) is 1.82. The van der Waals surface area contributed by atoms with Crippen molar-refractivity contribution in [2.24, 2.45) is 0 Å². The van der Waals surface area contributed by atoms with E-state index in [9.17, 15) is 4.79 Å². The highest BCUT2D eigenvalue weighted by atomic mass is 35.5. The van der Waals surface area contributed by atoms with E-state index in [1.165, 1.54) is 13.4 Å². The van der Waals surface area contributed by atoms with Gasteiger partial charge in [-0.25, -0.2) is 9.97 Å². The van der Waals surface area contributed by atoms with Crippen molar-refractivity contribution in [2.45, 2.75) is 6.42 Å². The Hall–Kier alpha value is -1.56. The van der Waals surface area contributed by atoms with Gasteiger partial charge in [0.2, 0.25) is 5.91 Å². The molecular weight excluding hydrogens is 244 g/mol. The molecule has 92 valence electrons. The Morgan fingerprint density at radius 2 is 2.29 bits per heavy atom. The van der Waals surface area contributed by atoms with Crippen LogP contribution >= 0.6 is 11.6 Å². The number of methoxy groups -OCH3 is 1. The van der Waals surface area contributed by atoms with Crippen molar-refractivity contribution in [1.82, 2.24) is 15.3 Å². The Morgan fingerprint density at radius 1 is 1.47 bits per heavy atom. The molecule has 1 aromatic rings. The third-order valence-electron chi connectivity index (χ3n) is 2.56. The normalized spacial score (nSPS) is 16.4. The maximum atomic E-state index is 11.3. The molecule has 0 bridgehead atoms. The Bertz CT molecular complexity index is 427. The van der Waals surface area contributed by atoms with Crippen LogP contribution in [0.5, 0.6) is 5.75 Å². The molecule has 1 amide bonds. The van der Waals surface area contributed by atoms with Crippen LogP contribution in [0, 0.1) is 0 Å². The Labute approximate surface area is 104 Å². The maximum absolute atomic E-state index is 11.3. The Morgan fingerprint density at radius 3 is 3.06 bits per heavy atom. The first-order valence-corrected chi connectivity index (χ1v) is 5.66. The van der Waals surface area contributed by atoms with E-state index in [1.807, 2.05) is 4.90 Å². The second kappa shape index (κ2) is 5.18. The molecule has 0 unspecified atom stereocenters. The van der Waals surface area contributed by atoms with Gasteiger partial charge in [-0.05, 0) is 0 Å². The average Bonchev–Trinajstić information content (AvgIpc) is 2.54. The number of carbonyl (C=O) groups excluding carboxylic acids is 1. The summed E-state index contributed by atoms with van der Waals surface area (Å²) in [7, 11) is 1.52. The number of ether oxygens (including phenoxy) is 1. The molecule has 7 heteroatoms. The maximum Gasteiger partial charge on any atom is 0.221 e. The van der Waals surface area contributed by atoms with Crippen LogP contribution in [-0.4, -0.2) is 42.6 Å². The van der Waals surface area contributed by atoms with Gasteiger partial charge >= 0.3 is 0 Å². The molecule has 1 aliphatic heterocycles. The number of rotatable bonds is 2. The lowest BCUT2D eigenvalue weighted by molar-refractivity contribution is -0.120. The summed E-state index contributed by atoms with van der Waals surface area (Å²) in [6, 6.07) is 0. The molecule has 17 heavy (non-hydrogen) atoms. The van der Waals surface area contributed by atoms with Gasteiger partial charge in [-0.1, -0.05) is 11.6 Å². The minimum absolute atomic E-state index is 0.0478. The molecule has 6 nitrogen and oxygen atoms in total. The van der Waals surface area contributed by atoms with Crippen molar-refractivity contribution in [3.8, 4) is 5.75 Å². The second-order valence-corrected chi connectivity index (χ2v) is 3.97. The molecule has 0 spiro atoms. The quantitative estimate of drug-likeness (QED) is 0.779. The molecule has 0 radical (unpaired) electrons. The number of hydrogen-bond acceptors (Lipinski definition) is 5. The summed E-state index contributed by atoms with van der Waals surface area (Å²) in [5, 5.41) is 3.08. The van der Waals surface area contributed by atoms with E-state index >= 15 is 0 Å². The van der Waals surface area contributed by atoms with Gasteiger partial charge in [-0.2, -0.15) is 0 Å². The number of amides is 1. The zero-order chi connectivity index (χ0) is 12.3. The van der Waals surface area contributed by atoms with Crippen LogP contribution in [0.4, 0.5) is 5.82 Å². The third kappa shape index (κ3) is 2.58. The summed E-state index contributed by atoms with van der Waals surface area (Å²) in [5.74, 6) is 1.12. The molecule has 2 rings (SSSR count). The van der Waals surface area contributed by atoms with Gasteiger partial charge in [-0.15, -0.1) is 0 Å². The SMILES string of the molecule is COc1c(Cl)ncnc1N1CCNC(=O)CC1. The highest BCUT2D eigenvalue weighted by molar-refractivity contribution is 6.31. The fourth-order valence-electron chi connectivity index (χ4n) is 1.72. The van der Waals surface area contributed by atoms with Crippen molar-refractivity contribution >= 4 is 23.3 Å². The first-order chi connectivity index (χ1) is 8.22. The van der Waals surface area contributed by atoms with E-state index in [4.69, 9.17) is 16.3 Å². The highest BCUT2D eigenvalue weighted by Crippen LogP contribution is 2.31. The summed E-state index contributed by atoms with van der Waals surface area (Å²) in [6.45, 7) is 1.86. The zero-order valence-corrected chi connectivity index (χ0v) is 10.2. The molecule has 1 saturated heterocycles. The Balaban J connectivity index is 2.26. The van der Waals surface area contributed by atoms with Crippen molar-refractivity contribution < 1.29 is 9.53 Å².